The Labute approximate surface area is 55.6 Å². The maximum absolute atomic E-state index is 8.37. The fourth-order valence-electron chi connectivity index (χ4n) is 1.27. The van der Waals surface area contributed by atoms with Crippen molar-refractivity contribution in [1.82, 2.24) is 0 Å². The molecule has 0 radical (unpaired) electrons. The van der Waals surface area contributed by atoms with Crippen LogP contribution < -0.4 is 0 Å². The summed E-state index contributed by atoms with van der Waals surface area (Å²) in [6.07, 6.45) is 4.64. The lowest BCUT2D eigenvalue weighted by atomic mass is 9.80. The second-order valence-corrected chi connectivity index (χ2v) is 2.62. The van der Waals surface area contributed by atoms with E-state index >= 15 is 0 Å². The molecule has 0 aromatic carbocycles. The molecule has 1 unspecified atom stereocenters. The molecule has 2 nitrogen and oxygen atoms in total. The average molecular weight is 127 g/mol. The van der Waals surface area contributed by atoms with Crippen LogP contribution in [-0.4, -0.2) is 10.9 Å². The van der Waals surface area contributed by atoms with Gasteiger partial charge in [-0.05, 0) is 19.3 Å². The first-order chi connectivity index (χ1) is 4.38. The summed E-state index contributed by atoms with van der Waals surface area (Å²) in [5.41, 5.74) is 1.01. The number of hydrogen-bond donors (Lipinski definition) is 1. The molecule has 0 saturated heterocycles. The highest BCUT2D eigenvalue weighted by atomic mass is 16.4. The van der Waals surface area contributed by atoms with Crippen molar-refractivity contribution in [1.29, 1.82) is 0 Å². The van der Waals surface area contributed by atoms with E-state index in [1.165, 1.54) is 19.3 Å². The van der Waals surface area contributed by atoms with E-state index in [-0.39, 0.29) is 0 Å². The third-order valence-electron chi connectivity index (χ3n) is 1.99. The summed E-state index contributed by atoms with van der Waals surface area (Å²) in [5, 5.41) is 11.6. The van der Waals surface area contributed by atoms with Crippen LogP contribution in [0.25, 0.3) is 0 Å². The van der Waals surface area contributed by atoms with E-state index in [9.17, 15) is 0 Å². The van der Waals surface area contributed by atoms with E-state index in [0.29, 0.717) is 5.92 Å². The molecule has 1 aliphatic carbocycles. The Morgan fingerprint density at radius 2 is 2.56 bits per heavy atom. The number of oxime groups is 1. The van der Waals surface area contributed by atoms with Gasteiger partial charge in [0.15, 0.2) is 0 Å². The Morgan fingerprint density at radius 1 is 1.78 bits per heavy atom. The molecule has 0 aromatic heterocycles. The standard InChI is InChI=1S/C7H13NO/c1-2-3-6-4-5-7(6)8-9/h6,9H,2-5H2,1H3. The van der Waals surface area contributed by atoms with Gasteiger partial charge < -0.3 is 5.21 Å². The molecule has 2 heteroatoms. The van der Waals surface area contributed by atoms with Crippen molar-refractivity contribution in [3.05, 3.63) is 0 Å². The van der Waals surface area contributed by atoms with Crippen molar-refractivity contribution < 1.29 is 5.21 Å². The van der Waals surface area contributed by atoms with E-state index in [1.807, 2.05) is 0 Å². The highest BCUT2D eigenvalue weighted by Crippen LogP contribution is 2.27. The third-order valence-corrected chi connectivity index (χ3v) is 1.99. The maximum atomic E-state index is 8.37. The minimum atomic E-state index is 0.611. The molecule has 52 valence electrons. The molecule has 1 aliphatic rings. The van der Waals surface area contributed by atoms with Crippen molar-refractivity contribution >= 4 is 5.71 Å². The van der Waals surface area contributed by atoms with Crippen molar-refractivity contribution in [3.63, 3.8) is 0 Å². The molecule has 0 bridgehead atoms. The van der Waals surface area contributed by atoms with Gasteiger partial charge in [0.2, 0.25) is 0 Å². The lowest BCUT2D eigenvalue weighted by Gasteiger charge is -2.25. The van der Waals surface area contributed by atoms with Crippen LogP contribution in [0.2, 0.25) is 0 Å². The highest BCUT2D eigenvalue weighted by molar-refractivity contribution is 5.91. The van der Waals surface area contributed by atoms with E-state index in [4.69, 9.17) is 5.21 Å². The number of nitrogens with zero attached hydrogens (tertiary/aromatic N) is 1. The quantitative estimate of drug-likeness (QED) is 0.446. The first-order valence-electron chi connectivity index (χ1n) is 3.59. The molecule has 1 fully saturated rings. The third kappa shape index (κ3) is 1.23. The van der Waals surface area contributed by atoms with Crippen LogP contribution in [0.15, 0.2) is 5.16 Å². The zero-order valence-electron chi connectivity index (χ0n) is 5.80. The first-order valence-corrected chi connectivity index (χ1v) is 3.59. The number of hydrogen-bond acceptors (Lipinski definition) is 2. The van der Waals surface area contributed by atoms with Crippen LogP contribution in [0.4, 0.5) is 0 Å². The predicted octanol–water partition coefficient (Wildman–Crippen LogP) is 2.03. The van der Waals surface area contributed by atoms with Gasteiger partial charge >= 0.3 is 0 Å². The van der Waals surface area contributed by atoms with E-state index < -0.39 is 0 Å². The largest absolute Gasteiger partial charge is 0.411 e. The zero-order chi connectivity index (χ0) is 6.69. The maximum Gasteiger partial charge on any atom is 0.0602 e. The molecule has 1 atom stereocenters. The second kappa shape index (κ2) is 2.85. The minimum Gasteiger partial charge on any atom is -0.411 e. The molecule has 1 saturated carbocycles. The molecule has 0 aliphatic heterocycles. The summed E-state index contributed by atoms with van der Waals surface area (Å²) < 4.78 is 0. The molecule has 9 heavy (non-hydrogen) atoms. The van der Waals surface area contributed by atoms with Crippen LogP contribution in [0, 0.1) is 5.92 Å². The fourth-order valence-corrected chi connectivity index (χ4v) is 1.27. The van der Waals surface area contributed by atoms with E-state index in [2.05, 4.69) is 12.1 Å². The van der Waals surface area contributed by atoms with Gasteiger partial charge in [0, 0.05) is 5.92 Å². The molecule has 1 N–H and O–H groups in total. The SMILES string of the molecule is CCCC1CCC1=NO. The Kier molecular flexibility index (Phi) is 2.09. The van der Waals surface area contributed by atoms with E-state index in [0.717, 1.165) is 12.1 Å². The van der Waals surface area contributed by atoms with Crippen molar-refractivity contribution in [2.24, 2.45) is 11.1 Å². The van der Waals surface area contributed by atoms with Crippen LogP contribution in [-0.2, 0) is 0 Å². The summed E-state index contributed by atoms with van der Waals surface area (Å²) in [5.74, 6) is 0.611. The second-order valence-electron chi connectivity index (χ2n) is 2.62. The van der Waals surface area contributed by atoms with Crippen LogP contribution in [0.1, 0.15) is 32.6 Å². The predicted molar refractivity (Wildman–Crippen MR) is 36.9 cm³/mol. The fraction of sp³-hybridized carbons (Fsp3) is 0.857. The lowest BCUT2D eigenvalue weighted by molar-refractivity contribution is 0.303. The Morgan fingerprint density at radius 3 is 2.89 bits per heavy atom. The lowest BCUT2D eigenvalue weighted by Crippen LogP contribution is -2.25. The van der Waals surface area contributed by atoms with Gasteiger partial charge in [-0.25, -0.2) is 0 Å². The van der Waals surface area contributed by atoms with Gasteiger partial charge in [-0.2, -0.15) is 0 Å². The van der Waals surface area contributed by atoms with Gasteiger partial charge in [0.1, 0.15) is 0 Å². The summed E-state index contributed by atoms with van der Waals surface area (Å²) in [6.45, 7) is 2.16. The smallest absolute Gasteiger partial charge is 0.0602 e. The molecular formula is C7H13NO. The van der Waals surface area contributed by atoms with E-state index in [1.54, 1.807) is 0 Å². The molecule has 0 spiro atoms. The Balaban J connectivity index is 2.27. The van der Waals surface area contributed by atoms with Gasteiger partial charge in [-0.3, -0.25) is 0 Å². The first kappa shape index (κ1) is 6.59. The summed E-state index contributed by atoms with van der Waals surface area (Å²) >= 11 is 0. The highest BCUT2D eigenvalue weighted by Gasteiger charge is 2.24. The molecular weight excluding hydrogens is 114 g/mol. The topological polar surface area (TPSA) is 32.6 Å². The normalized spacial score (nSPS) is 30.3. The van der Waals surface area contributed by atoms with Crippen LogP contribution >= 0.6 is 0 Å². The molecule has 0 heterocycles. The molecule has 0 amide bonds. The van der Waals surface area contributed by atoms with Crippen molar-refractivity contribution in [2.45, 2.75) is 32.6 Å². The number of rotatable bonds is 2. The summed E-state index contributed by atoms with van der Waals surface area (Å²) in [4.78, 5) is 0. The van der Waals surface area contributed by atoms with Crippen LogP contribution in [0.5, 0.6) is 0 Å². The zero-order valence-corrected chi connectivity index (χ0v) is 5.80. The average Bonchev–Trinajstić information content (AvgIpc) is 1.82. The Bertz CT molecular complexity index is 120. The van der Waals surface area contributed by atoms with Crippen molar-refractivity contribution in [3.8, 4) is 0 Å². The minimum absolute atomic E-state index is 0.611. The van der Waals surface area contributed by atoms with Gasteiger partial charge in [0.05, 0.1) is 5.71 Å². The Hall–Kier alpha value is -0.530. The van der Waals surface area contributed by atoms with Gasteiger partial charge in [-0.15, -0.1) is 0 Å². The van der Waals surface area contributed by atoms with Gasteiger partial charge in [-0.1, -0.05) is 18.5 Å². The van der Waals surface area contributed by atoms with Crippen molar-refractivity contribution in [2.75, 3.05) is 0 Å². The summed E-state index contributed by atoms with van der Waals surface area (Å²) in [6, 6.07) is 0. The monoisotopic (exact) mass is 127 g/mol. The molecule has 1 rings (SSSR count). The molecule has 0 aromatic rings. The summed E-state index contributed by atoms with van der Waals surface area (Å²) in [7, 11) is 0. The van der Waals surface area contributed by atoms with Gasteiger partial charge in [0.25, 0.3) is 0 Å². The van der Waals surface area contributed by atoms with Crippen LogP contribution in [0.3, 0.4) is 0 Å².